The zero-order valence-corrected chi connectivity index (χ0v) is 14.9. The highest BCUT2D eigenvalue weighted by atomic mass is 16.5. The van der Waals surface area contributed by atoms with Crippen LogP contribution in [0.3, 0.4) is 0 Å². The molecule has 0 heterocycles. The van der Waals surface area contributed by atoms with E-state index < -0.39 is 11.7 Å². The highest BCUT2D eigenvalue weighted by molar-refractivity contribution is 6.42. The lowest BCUT2D eigenvalue weighted by molar-refractivity contribution is -0.116. The molecule has 2 aromatic carbocycles. The molecule has 0 radical (unpaired) electrons. The number of aryl methyl sites for hydroxylation is 1. The third-order valence-corrected chi connectivity index (χ3v) is 3.76. The van der Waals surface area contributed by atoms with Crippen molar-refractivity contribution in [2.45, 2.75) is 13.3 Å². The molecule has 1 N–H and O–H groups in total. The Morgan fingerprint density at radius 3 is 2.50 bits per heavy atom. The molecule has 26 heavy (non-hydrogen) atoms. The van der Waals surface area contributed by atoms with Crippen LogP contribution in [-0.2, 0) is 11.2 Å². The normalized spacial score (nSPS) is 9.88. The van der Waals surface area contributed by atoms with E-state index in [-0.39, 0.29) is 6.61 Å². The Morgan fingerprint density at radius 2 is 1.85 bits per heavy atom. The topological polar surface area (TPSA) is 64.6 Å². The Kier molecular flexibility index (Phi) is 6.81. The molecule has 2 rings (SSSR count). The number of methoxy groups -OCH3 is 1. The van der Waals surface area contributed by atoms with Gasteiger partial charge in [-0.05, 0) is 31.0 Å². The lowest BCUT2D eigenvalue weighted by atomic mass is 10.1. The molecule has 0 spiro atoms. The number of terminal acetylenes is 1. The highest BCUT2D eigenvalue weighted by Crippen LogP contribution is 2.28. The minimum Gasteiger partial charge on any atom is -0.493 e. The van der Waals surface area contributed by atoms with Crippen molar-refractivity contribution in [1.82, 2.24) is 5.32 Å². The molecule has 0 bridgehead atoms. The Labute approximate surface area is 153 Å². The van der Waals surface area contributed by atoms with Crippen LogP contribution in [0.1, 0.15) is 21.5 Å². The summed E-state index contributed by atoms with van der Waals surface area (Å²) in [7, 11) is 1.55. The van der Waals surface area contributed by atoms with Gasteiger partial charge in [-0.25, -0.2) is 0 Å². The molecule has 0 saturated carbocycles. The van der Waals surface area contributed by atoms with Gasteiger partial charge in [0.15, 0.2) is 11.5 Å². The van der Waals surface area contributed by atoms with Crippen molar-refractivity contribution in [3.63, 3.8) is 0 Å². The number of carbonyl (C=O) groups excluding carboxylic acids is 2. The van der Waals surface area contributed by atoms with Crippen LogP contribution in [0.2, 0.25) is 0 Å². The van der Waals surface area contributed by atoms with E-state index in [1.165, 1.54) is 0 Å². The maximum atomic E-state index is 12.1. The summed E-state index contributed by atoms with van der Waals surface area (Å²) in [4.78, 5) is 24.1. The van der Waals surface area contributed by atoms with E-state index >= 15 is 0 Å². The smallest absolute Gasteiger partial charge is 0.292 e. The maximum absolute atomic E-state index is 12.1. The molecule has 0 aliphatic rings. The summed E-state index contributed by atoms with van der Waals surface area (Å²) >= 11 is 0. The predicted molar refractivity (Wildman–Crippen MR) is 99.5 cm³/mol. The van der Waals surface area contributed by atoms with Crippen molar-refractivity contribution in [2.24, 2.45) is 0 Å². The van der Waals surface area contributed by atoms with Crippen LogP contribution in [0.15, 0.2) is 42.5 Å². The number of benzene rings is 2. The van der Waals surface area contributed by atoms with Gasteiger partial charge in [-0.1, -0.05) is 41.8 Å². The van der Waals surface area contributed by atoms with Gasteiger partial charge in [0.05, 0.1) is 7.11 Å². The molecule has 0 saturated heterocycles. The van der Waals surface area contributed by atoms with Gasteiger partial charge in [-0.15, -0.1) is 6.42 Å². The maximum Gasteiger partial charge on any atom is 0.292 e. The molecule has 5 nitrogen and oxygen atoms in total. The number of rotatable bonds is 8. The zero-order chi connectivity index (χ0) is 18.9. The van der Waals surface area contributed by atoms with Gasteiger partial charge in [-0.2, -0.15) is 0 Å². The first-order chi connectivity index (χ1) is 12.5. The minimum absolute atomic E-state index is 0.160. The Balaban J connectivity index is 1.90. The van der Waals surface area contributed by atoms with Crippen LogP contribution < -0.4 is 14.8 Å². The van der Waals surface area contributed by atoms with Gasteiger partial charge < -0.3 is 14.8 Å². The third kappa shape index (κ3) is 5.12. The van der Waals surface area contributed by atoms with Crippen molar-refractivity contribution >= 4 is 11.7 Å². The molecular weight excluding hydrogens is 330 g/mol. The number of hydrogen-bond acceptors (Lipinski definition) is 4. The van der Waals surface area contributed by atoms with Crippen LogP contribution >= 0.6 is 0 Å². The number of Topliss-reactive ketones (excluding diaryl/α,β-unsaturated/α-hetero) is 1. The molecule has 2 aromatic rings. The van der Waals surface area contributed by atoms with E-state index in [1.54, 1.807) is 37.4 Å². The molecule has 0 fully saturated rings. The molecule has 5 heteroatoms. The van der Waals surface area contributed by atoms with Gasteiger partial charge in [0.25, 0.3) is 5.91 Å². The van der Waals surface area contributed by atoms with E-state index in [9.17, 15) is 9.59 Å². The monoisotopic (exact) mass is 351 g/mol. The zero-order valence-electron chi connectivity index (χ0n) is 14.9. The second-order valence-corrected chi connectivity index (χ2v) is 5.68. The van der Waals surface area contributed by atoms with Gasteiger partial charge in [0, 0.05) is 12.1 Å². The second-order valence-electron chi connectivity index (χ2n) is 5.68. The van der Waals surface area contributed by atoms with Crippen molar-refractivity contribution in [3.8, 4) is 23.8 Å². The average Bonchev–Trinajstić information content (AvgIpc) is 2.66. The standard InChI is InChI=1S/C21H21NO4/c1-4-13-26-18-10-7-16(14-19(18)25-3)11-12-22-21(24)20(23)17-8-5-15(2)6-9-17/h1,5-10,14H,11-13H2,2-3H3,(H,22,24). The fraction of sp³-hybridized carbons (Fsp3) is 0.238. The van der Waals surface area contributed by atoms with Gasteiger partial charge in [0.1, 0.15) is 6.61 Å². The molecule has 0 atom stereocenters. The van der Waals surface area contributed by atoms with E-state index in [4.69, 9.17) is 15.9 Å². The van der Waals surface area contributed by atoms with E-state index in [0.717, 1.165) is 11.1 Å². The quantitative estimate of drug-likeness (QED) is 0.451. The minimum atomic E-state index is -0.616. The summed E-state index contributed by atoms with van der Waals surface area (Å²) in [6.45, 7) is 2.42. The summed E-state index contributed by atoms with van der Waals surface area (Å²) in [6, 6.07) is 12.4. The predicted octanol–water partition coefficient (Wildman–Crippen LogP) is 2.56. The first kappa shape index (κ1) is 19.1. The summed E-state index contributed by atoms with van der Waals surface area (Å²) in [6.07, 6.45) is 5.74. The fourth-order valence-electron chi connectivity index (χ4n) is 2.34. The first-order valence-corrected chi connectivity index (χ1v) is 8.17. The Hall–Kier alpha value is -3.26. The van der Waals surface area contributed by atoms with Crippen molar-refractivity contribution in [1.29, 1.82) is 0 Å². The fourth-order valence-corrected chi connectivity index (χ4v) is 2.34. The van der Waals surface area contributed by atoms with E-state index in [0.29, 0.717) is 30.0 Å². The number of carbonyl (C=O) groups is 2. The van der Waals surface area contributed by atoms with E-state index in [1.807, 2.05) is 19.1 Å². The summed E-state index contributed by atoms with van der Waals surface area (Å²) < 4.78 is 10.7. The molecular formula is C21H21NO4. The number of nitrogens with one attached hydrogen (secondary N) is 1. The Bertz CT molecular complexity index is 819. The summed E-state index contributed by atoms with van der Waals surface area (Å²) in [5.74, 6) is 2.37. The highest BCUT2D eigenvalue weighted by Gasteiger charge is 2.15. The number of ketones is 1. The van der Waals surface area contributed by atoms with Crippen molar-refractivity contribution < 1.29 is 19.1 Å². The Morgan fingerprint density at radius 1 is 1.12 bits per heavy atom. The molecule has 0 aliphatic heterocycles. The lowest BCUT2D eigenvalue weighted by Crippen LogP contribution is -2.32. The van der Waals surface area contributed by atoms with Gasteiger partial charge in [-0.3, -0.25) is 9.59 Å². The molecule has 1 amide bonds. The van der Waals surface area contributed by atoms with Crippen LogP contribution in [-0.4, -0.2) is 32.0 Å². The average molecular weight is 351 g/mol. The van der Waals surface area contributed by atoms with Crippen molar-refractivity contribution in [2.75, 3.05) is 20.3 Å². The second kappa shape index (κ2) is 9.28. The third-order valence-electron chi connectivity index (χ3n) is 3.76. The first-order valence-electron chi connectivity index (χ1n) is 8.17. The van der Waals surface area contributed by atoms with Gasteiger partial charge in [0.2, 0.25) is 5.78 Å². The number of hydrogen-bond donors (Lipinski definition) is 1. The number of ether oxygens (including phenoxy) is 2. The van der Waals surface area contributed by atoms with Crippen LogP contribution in [0.4, 0.5) is 0 Å². The molecule has 0 aliphatic carbocycles. The lowest BCUT2D eigenvalue weighted by Gasteiger charge is -2.11. The van der Waals surface area contributed by atoms with Gasteiger partial charge >= 0.3 is 0 Å². The van der Waals surface area contributed by atoms with E-state index in [2.05, 4.69) is 11.2 Å². The summed E-state index contributed by atoms with van der Waals surface area (Å²) in [5, 5.41) is 2.64. The largest absolute Gasteiger partial charge is 0.493 e. The SMILES string of the molecule is C#CCOc1ccc(CCNC(=O)C(=O)c2ccc(C)cc2)cc1OC. The summed E-state index contributed by atoms with van der Waals surface area (Å²) in [5.41, 5.74) is 2.35. The van der Waals surface area contributed by atoms with Crippen molar-refractivity contribution in [3.05, 3.63) is 59.2 Å². The van der Waals surface area contributed by atoms with Crippen LogP contribution in [0.25, 0.3) is 0 Å². The molecule has 134 valence electrons. The number of amides is 1. The van der Waals surface area contributed by atoms with Crippen LogP contribution in [0.5, 0.6) is 11.5 Å². The van der Waals surface area contributed by atoms with Crippen LogP contribution in [0, 0.1) is 19.3 Å². The molecule has 0 aromatic heterocycles. The molecule has 0 unspecified atom stereocenters.